The van der Waals surface area contributed by atoms with E-state index in [4.69, 9.17) is 0 Å². The molecule has 3 heterocycles. The lowest BCUT2D eigenvalue weighted by molar-refractivity contribution is -0.158. The van der Waals surface area contributed by atoms with Crippen LogP contribution >= 0.6 is 0 Å². The van der Waals surface area contributed by atoms with Gasteiger partial charge in [-0.25, -0.2) is 8.42 Å². The van der Waals surface area contributed by atoms with Crippen molar-refractivity contribution in [2.45, 2.75) is 69.9 Å². The van der Waals surface area contributed by atoms with Crippen LogP contribution in [-0.2, 0) is 21.0 Å². The third kappa shape index (κ3) is 8.15. The summed E-state index contributed by atoms with van der Waals surface area (Å²) in [6.45, 7) is 3.93. The number of carbonyl (C=O) groups is 2. The first-order chi connectivity index (χ1) is 23.1. The van der Waals surface area contributed by atoms with Crippen LogP contribution in [0.5, 0.6) is 5.75 Å². The van der Waals surface area contributed by atoms with Crippen LogP contribution in [0.2, 0.25) is 0 Å². The van der Waals surface area contributed by atoms with Gasteiger partial charge in [0.1, 0.15) is 17.1 Å². The average molecular weight is 731 g/mol. The van der Waals surface area contributed by atoms with Crippen molar-refractivity contribution >= 4 is 33.7 Å². The van der Waals surface area contributed by atoms with Crippen LogP contribution in [0.4, 0.5) is 26.3 Å². The van der Waals surface area contributed by atoms with Crippen LogP contribution in [0.3, 0.4) is 0 Å². The Morgan fingerprint density at radius 3 is 2.16 bits per heavy atom. The van der Waals surface area contributed by atoms with Crippen molar-refractivity contribution < 1.29 is 54.2 Å². The Morgan fingerprint density at radius 2 is 1.60 bits per heavy atom. The minimum atomic E-state index is -5.07. The molecule has 0 aromatic heterocycles. The van der Waals surface area contributed by atoms with E-state index in [0.717, 1.165) is 21.8 Å². The molecule has 3 aliphatic heterocycles. The molecule has 0 atom stereocenters. The van der Waals surface area contributed by atoms with Crippen molar-refractivity contribution in [1.29, 1.82) is 0 Å². The van der Waals surface area contributed by atoms with Gasteiger partial charge in [0.2, 0.25) is 10.0 Å². The van der Waals surface area contributed by atoms with Crippen LogP contribution in [0.1, 0.15) is 70.8 Å². The topological polar surface area (TPSA) is 129 Å². The lowest BCUT2D eigenvalue weighted by atomic mass is 9.89. The summed E-state index contributed by atoms with van der Waals surface area (Å²) in [6.07, 6.45) is -7.71. The zero-order valence-electron chi connectivity index (χ0n) is 27.4. The quantitative estimate of drug-likeness (QED) is 0.388. The Bertz CT molecular complexity index is 1810. The van der Waals surface area contributed by atoms with E-state index in [1.165, 1.54) is 6.08 Å². The second-order valence-corrected chi connectivity index (χ2v) is 14.9. The molecule has 3 aliphatic rings. The molecule has 50 heavy (non-hydrogen) atoms. The first-order valence-electron chi connectivity index (χ1n) is 15.7. The van der Waals surface area contributed by atoms with Crippen molar-refractivity contribution in [1.82, 2.24) is 14.5 Å². The van der Waals surface area contributed by atoms with Crippen LogP contribution in [0, 0.1) is 13.8 Å². The maximum atomic E-state index is 13.7. The fraction of sp³-hybridized carbons (Fsp3) is 0.485. The molecule has 0 unspecified atom stereocenters. The number of halogens is 6. The number of hydrogen-bond acceptors (Lipinski definition) is 7. The number of sulfonamides is 1. The van der Waals surface area contributed by atoms with Gasteiger partial charge in [0, 0.05) is 42.7 Å². The number of amides is 2. The van der Waals surface area contributed by atoms with Gasteiger partial charge in [0.05, 0.1) is 11.2 Å². The number of carbonyl (C=O) groups excluding carboxylic acids is 2. The van der Waals surface area contributed by atoms with E-state index in [-0.39, 0.29) is 43.2 Å². The van der Waals surface area contributed by atoms with E-state index in [9.17, 15) is 49.5 Å². The van der Waals surface area contributed by atoms with Crippen LogP contribution < -0.4 is 10.1 Å². The number of aryl methyl sites for hydroxylation is 2. The lowest BCUT2D eigenvalue weighted by Gasteiger charge is -2.36. The van der Waals surface area contributed by atoms with E-state index < -0.39 is 57.3 Å². The zero-order chi connectivity index (χ0) is 36.9. The Balaban J connectivity index is 1.27. The lowest BCUT2D eigenvalue weighted by Crippen LogP contribution is -2.50. The maximum Gasteiger partial charge on any atom is 0.422 e. The molecule has 0 aliphatic carbocycles. The summed E-state index contributed by atoms with van der Waals surface area (Å²) in [5.74, 6) is -2.07. The van der Waals surface area contributed by atoms with Crippen LogP contribution in [0.25, 0.3) is 6.08 Å². The van der Waals surface area contributed by atoms with Gasteiger partial charge in [0.15, 0.2) is 6.61 Å². The zero-order valence-corrected chi connectivity index (χ0v) is 28.2. The highest BCUT2D eigenvalue weighted by Gasteiger charge is 2.48. The maximum absolute atomic E-state index is 13.7. The number of amidine groups is 1. The molecule has 2 N–H and O–H groups in total. The minimum absolute atomic E-state index is 0.0743. The highest BCUT2D eigenvalue weighted by atomic mass is 32.2. The third-order valence-corrected chi connectivity index (χ3v) is 10.8. The van der Waals surface area contributed by atoms with Crippen LogP contribution in [-0.4, -0.2) is 90.5 Å². The Labute approximate surface area is 284 Å². The van der Waals surface area contributed by atoms with Crippen molar-refractivity contribution in [3.8, 4) is 5.75 Å². The minimum Gasteiger partial charge on any atom is -0.483 e. The van der Waals surface area contributed by atoms with Crippen molar-refractivity contribution in [3.05, 3.63) is 69.1 Å². The number of hydrogen-bond donors (Lipinski definition) is 2. The highest BCUT2D eigenvalue weighted by Crippen LogP contribution is 2.39. The summed E-state index contributed by atoms with van der Waals surface area (Å²) in [6, 6.07) is 5.69. The molecule has 17 heteroatoms. The molecule has 10 nitrogen and oxygen atoms in total. The molecule has 272 valence electrons. The molecule has 2 aromatic rings. The summed E-state index contributed by atoms with van der Waals surface area (Å²) in [5, 5.41) is 13.7. The Morgan fingerprint density at radius 1 is 1.00 bits per heavy atom. The van der Waals surface area contributed by atoms with E-state index in [1.54, 1.807) is 37.8 Å². The molecule has 2 fully saturated rings. The summed E-state index contributed by atoms with van der Waals surface area (Å²) >= 11 is 0. The Hall–Kier alpha value is -3.96. The first-order valence-corrected chi connectivity index (χ1v) is 17.2. The highest BCUT2D eigenvalue weighted by molar-refractivity contribution is 7.92. The van der Waals surface area contributed by atoms with E-state index in [2.05, 4.69) is 15.0 Å². The summed E-state index contributed by atoms with van der Waals surface area (Å²) in [5.41, 5.74) is -1.52. The number of aliphatic hydroxyl groups is 1. The molecule has 2 amide bonds. The summed E-state index contributed by atoms with van der Waals surface area (Å²) < 4.78 is 111. The number of ether oxygens (including phenoxy) is 1. The molecule has 0 radical (unpaired) electrons. The first kappa shape index (κ1) is 37.3. The number of alkyl halides is 6. The van der Waals surface area contributed by atoms with Gasteiger partial charge >= 0.3 is 12.4 Å². The van der Waals surface area contributed by atoms with Gasteiger partial charge in [-0.05, 0) is 99.6 Å². The van der Waals surface area contributed by atoms with Crippen molar-refractivity contribution in [3.63, 3.8) is 0 Å². The van der Waals surface area contributed by atoms with Crippen molar-refractivity contribution in [2.24, 2.45) is 4.99 Å². The Kier molecular flexibility index (Phi) is 9.92. The fourth-order valence-electron chi connectivity index (χ4n) is 6.26. The molecule has 2 saturated heterocycles. The molecular weight excluding hydrogens is 694 g/mol. The third-order valence-electron chi connectivity index (χ3n) is 9.21. The summed E-state index contributed by atoms with van der Waals surface area (Å²) in [4.78, 5) is 32.2. The number of nitrogens with one attached hydrogen (secondary N) is 1. The number of aliphatic imine (C=N–C) groups is 1. The molecule has 5 rings (SSSR count). The monoisotopic (exact) mass is 730 g/mol. The molecule has 2 aromatic carbocycles. The standard InChI is InChI=1S/C33H36F6N4O6S/c1-20-16-23(28(44)42-11-7-30(3,46)8-12-42)17-21(2)24(20)6-15-50(47,48)43-13-9-31(10-14-43)29(45)40-27(41-31)22-4-5-26(49-19-32(34,35)36)25(18-22)33(37,38)39/h4-6,15-18,46H,7-14,19H2,1-3H3,(H,40,41,45)/b15-6+. The van der Waals surface area contributed by atoms with Gasteiger partial charge in [-0.1, -0.05) is 0 Å². The van der Waals surface area contributed by atoms with Gasteiger partial charge in [-0.3, -0.25) is 14.6 Å². The molecule has 0 bridgehead atoms. The van der Waals surface area contributed by atoms with Gasteiger partial charge in [-0.2, -0.15) is 30.6 Å². The molecule has 0 saturated carbocycles. The normalized spacial score (nSPS) is 19.9. The van der Waals surface area contributed by atoms with Gasteiger partial charge in [0.25, 0.3) is 11.8 Å². The van der Waals surface area contributed by atoms with E-state index in [1.807, 2.05) is 0 Å². The number of nitrogens with zero attached hydrogens (tertiary/aromatic N) is 3. The van der Waals surface area contributed by atoms with Crippen LogP contribution in [0.15, 0.2) is 40.7 Å². The fourth-order valence-corrected chi connectivity index (χ4v) is 7.43. The van der Waals surface area contributed by atoms with E-state index in [0.29, 0.717) is 54.3 Å². The molecule has 1 spiro atoms. The largest absolute Gasteiger partial charge is 0.483 e. The smallest absolute Gasteiger partial charge is 0.422 e. The number of rotatable bonds is 7. The SMILES string of the molecule is Cc1cc(C(=O)N2CCC(C)(O)CC2)cc(C)c1/C=C/S(=O)(=O)N1CCC2(CC1)N=C(c1ccc(OCC(F)(F)F)c(C(F)(F)F)c1)NC2=O. The summed E-state index contributed by atoms with van der Waals surface area (Å²) in [7, 11) is -3.99. The van der Waals surface area contributed by atoms with Gasteiger partial charge < -0.3 is 20.1 Å². The number of likely N-dealkylation sites (tertiary alicyclic amines) is 1. The predicted octanol–water partition coefficient (Wildman–Crippen LogP) is 4.96. The van der Waals surface area contributed by atoms with Crippen molar-refractivity contribution in [2.75, 3.05) is 32.8 Å². The second-order valence-electron chi connectivity index (χ2n) is 13.1. The van der Waals surface area contributed by atoms with Gasteiger partial charge in [-0.15, -0.1) is 0 Å². The second kappa shape index (κ2) is 13.3. The predicted molar refractivity (Wildman–Crippen MR) is 171 cm³/mol. The number of piperidine rings is 2. The number of benzene rings is 2. The molecular formula is C33H36F6N4O6S. The van der Waals surface area contributed by atoms with E-state index >= 15 is 0 Å². The average Bonchev–Trinajstić information content (AvgIpc) is 3.33.